The smallest absolute Gasteiger partial charge is 0.293 e. The van der Waals surface area contributed by atoms with Crippen molar-refractivity contribution in [3.63, 3.8) is 0 Å². The lowest BCUT2D eigenvalue weighted by atomic mass is 10.1. The molecule has 2 aromatic heterocycles. The highest BCUT2D eigenvalue weighted by Gasteiger charge is 2.30. The Labute approximate surface area is 145 Å². The van der Waals surface area contributed by atoms with E-state index in [1.54, 1.807) is 27.9 Å². The molecule has 1 saturated heterocycles. The third kappa shape index (κ3) is 3.04. The van der Waals surface area contributed by atoms with E-state index in [-0.39, 0.29) is 17.0 Å². The molecule has 0 amide bonds. The van der Waals surface area contributed by atoms with Crippen LogP contribution in [0, 0.1) is 0 Å². The van der Waals surface area contributed by atoms with E-state index in [1.165, 1.54) is 0 Å². The minimum Gasteiger partial charge on any atom is -0.351 e. The van der Waals surface area contributed by atoms with Crippen molar-refractivity contribution in [3.05, 3.63) is 44.9 Å². The van der Waals surface area contributed by atoms with Crippen LogP contribution in [0.25, 0.3) is 0 Å². The van der Waals surface area contributed by atoms with E-state index in [4.69, 9.17) is 0 Å². The van der Waals surface area contributed by atoms with E-state index < -0.39 is 0 Å². The standard InChI is InChI=1S/C17H22N6O2/c1-21(2)17-19-13(9-14(24)20-17)11-5-7-22(10-11)15-16(25)23(8-6-18-15)12-3-4-12/h6,8-9,11-12H,3-5,7,10H2,1-2H3,(H,19,20,24). The molecule has 1 saturated carbocycles. The Hall–Kier alpha value is -2.64. The van der Waals surface area contributed by atoms with Gasteiger partial charge < -0.3 is 14.4 Å². The molecular weight excluding hydrogens is 320 g/mol. The molecule has 2 fully saturated rings. The fourth-order valence-electron chi connectivity index (χ4n) is 3.35. The van der Waals surface area contributed by atoms with Crippen molar-refractivity contribution >= 4 is 11.8 Å². The van der Waals surface area contributed by atoms with Crippen molar-refractivity contribution in [1.29, 1.82) is 0 Å². The molecule has 1 N–H and O–H groups in total. The van der Waals surface area contributed by atoms with Crippen molar-refractivity contribution in [2.24, 2.45) is 0 Å². The van der Waals surface area contributed by atoms with Crippen molar-refractivity contribution in [2.45, 2.75) is 31.2 Å². The first-order valence-electron chi connectivity index (χ1n) is 8.63. The SMILES string of the molecule is CN(C)c1nc(C2CCN(c3nccn(C4CC4)c3=O)C2)cc(=O)[nH]1. The second-order valence-corrected chi connectivity index (χ2v) is 7.01. The molecule has 2 aromatic rings. The molecule has 132 valence electrons. The molecule has 1 atom stereocenters. The average molecular weight is 342 g/mol. The summed E-state index contributed by atoms with van der Waals surface area (Å²) < 4.78 is 1.80. The van der Waals surface area contributed by atoms with Gasteiger partial charge in [-0.2, -0.15) is 0 Å². The lowest BCUT2D eigenvalue weighted by Gasteiger charge is -2.18. The van der Waals surface area contributed by atoms with Gasteiger partial charge in [-0.25, -0.2) is 9.97 Å². The van der Waals surface area contributed by atoms with Crippen LogP contribution in [-0.4, -0.2) is 46.7 Å². The predicted octanol–water partition coefficient (Wildman–Crippen LogP) is 0.721. The highest BCUT2D eigenvalue weighted by atomic mass is 16.1. The minimum atomic E-state index is -0.152. The number of rotatable bonds is 4. The van der Waals surface area contributed by atoms with Crippen molar-refractivity contribution in [3.8, 4) is 0 Å². The van der Waals surface area contributed by atoms with Gasteiger partial charge in [-0.1, -0.05) is 0 Å². The van der Waals surface area contributed by atoms with Gasteiger partial charge in [0.25, 0.3) is 11.1 Å². The fourth-order valence-corrected chi connectivity index (χ4v) is 3.35. The topological polar surface area (TPSA) is 87.1 Å². The van der Waals surface area contributed by atoms with Gasteiger partial charge in [-0.3, -0.25) is 14.6 Å². The van der Waals surface area contributed by atoms with E-state index >= 15 is 0 Å². The maximum atomic E-state index is 12.7. The molecule has 2 aliphatic rings. The predicted molar refractivity (Wildman–Crippen MR) is 95.5 cm³/mol. The zero-order valence-corrected chi connectivity index (χ0v) is 14.5. The van der Waals surface area contributed by atoms with Crippen molar-refractivity contribution < 1.29 is 0 Å². The summed E-state index contributed by atoms with van der Waals surface area (Å²) in [6.07, 6.45) is 6.46. The first kappa shape index (κ1) is 15.9. The molecule has 0 radical (unpaired) electrons. The summed E-state index contributed by atoms with van der Waals surface area (Å²) in [5.74, 6) is 1.18. The zero-order valence-electron chi connectivity index (χ0n) is 14.5. The molecule has 25 heavy (non-hydrogen) atoms. The molecule has 8 heteroatoms. The van der Waals surface area contributed by atoms with E-state index in [0.717, 1.165) is 31.5 Å². The first-order valence-corrected chi connectivity index (χ1v) is 8.63. The Morgan fingerprint density at radius 2 is 2.04 bits per heavy atom. The maximum absolute atomic E-state index is 12.7. The second kappa shape index (κ2) is 6.02. The Morgan fingerprint density at radius 3 is 2.76 bits per heavy atom. The van der Waals surface area contributed by atoms with Crippen LogP contribution in [0.15, 0.2) is 28.0 Å². The Kier molecular flexibility index (Phi) is 3.82. The molecule has 0 bridgehead atoms. The van der Waals surface area contributed by atoms with Gasteiger partial charge in [0.1, 0.15) is 0 Å². The van der Waals surface area contributed by atoms with Gasteiger partial charge in [0.2, 0.25) is 5.95 Å². The van der Waals surface area contributed by atoms with Gasteiger partial charge in [-0.05, 0) is 19.3 Å². The number of hydrogen-bond donors (Lipinski definition) is 1. The van der Waals surface area contributed by atoms with Crippen molar-refractivity contribution in [2.75, 3.05) is 37.0 Å². The summed E-state index contributed by atoms with van der Waals surface area (Å²) in [6.45, 7) is 1.40. The van der Waals surface area contributed by atoms with Crippen LogP contribution in [0.1, 0.15) is 36.9 Å². The summed E-state index contributed by atoms with van der Waals surface area (Å²) in [5, 5.41) is 0. The molecule has 0 spiro atoms. The Balaban J connectivity index is 1.59. The van der Waals surface area contributed by atoms with Crippen LogP contribution in [0.5, 0.6) is 0 Å². The zero-order chi connectivity index (χ0) is 17.6. The minimum absolute atomic E-state index is 0.0153. The van der Waals surface area contributed by atoms with Crippen LogP contribution in [0.4, 0.5) is 11.8 Å². The molecule has 1 aliphatic heterocycles. The van der Waals surface area contributed by atoms with Crippen LogP contribution in [-0.2, 0) is 0 Å². The molecule has 1 unspecified atom stereocenters. The lowest BCUT2D eigenvalue weighted by molar-refractivity contribution is 0.689. The Bertz CT molecular complexity index is 898. The quantitative estimate of drug-likeness (QED) is 0.881. The van der Waals surface area contributed by atoms with Gasteiger partial charge >= 0.3 is 0 Å². The van der Waals surface area contributed by atoms with E-state index in [1.807, 2.05) is 19.0 Å². The Morgan fingerprint density at radius 1 is 1.24 bits per heavy atom. The monoisotopic (exact) mass is 342 g/mol. The molecule has 1 aliphatic carbocycles. The number of aromatic nitrogens is 4. The van der Waals surface area contributed by atoms with Crippen LogP contribution in [0.3, 0.4) is 0 Å². The van der Waals surface area contributed by atoms with Crippen LogP contribution >= 0.6 is 0 Å². The van der Waals surface area contributed by atoms with E-state index in [2.05, 4.69) is 15.0 Å². The van der Waals surface area contributed by atoms with Crippen LogP contribution < -0.4 is 20.9 Å². The van der Waals surface area contributed by atoms with E-state index in [0.29, 0.717) is 24.4 Å². The number of aromatic amines is 1. The second-order valence-electron chi connectivity index (χ2n) is 7.01. The largest absolute Gasteiger partial charge is 0.351 e. The molecule has 8 nitrogen and oxygen atoms in total. The van der Waals surface area contributed by atoms with E-state index in [9.17, 15) is 9.59 Å². The fraction of sp³-hybridized carbons (Fsp3) is 0.529. The third-order valence-corrected chi connectivity index (χ3v) is 4.87. The molecule has 0 aromatic carbocycles. The number of nitrogens with one attached hydrogen (secondary N) is 1. The number of hydrogen-bond acceptors (Lipinski definition) is 6. The van der Waals surface area contributed by atoms with Crippen LogP contribution in [0.2, 0.25) is 0 Å². The lowest BCUT2D eigenvalue weighted by Crippen LogP contribution is -2.31. The highest BCUT2D eigenvalue weighted by molar-refractivity contribution is 5.39. The summed E-state index contributed by atoms with van der Waals surface area (Å²) in [7, 11) is 3.69. The number of H-pyrrole nitrogens is 1. The van der Waals surface area contributed by atoms with Gasteiger partial charge in [0.05, 0.1) is 5.69 Å². The number of anilines is 2. The molecule has 3 heterocycles. The maximum Gasteiger partial charge on any atom is 0.293 e. The highest BCUT2D eigenvalue weighted by Crippen LogP contribution is 2.34. The number of nitrogens with zero attached hydrogens (tertiary/aromatic N) is 5. The van der Waals surface area contributed by atoms with Crippen molar-refractivity contribution in [1.82, 2.24) is 19.5 Å². The van der Waals surface area contributed by atoms with Gasteiger partial charge in [-0.15, -0.1) is 0 Å². The first-order chi connectivity index (χ1) is 12.0. The summed E-state index contributed by atoms with van der Waals surface area (Å²) in [4.78, 5) is 40.0. The molecular formula is C17H22N6O2. The third-order valence-electron chi connectivity index (χ3n) is 4.87. The molecule has 4 rings (SSSR count). The summed E-state index contributed by atoms with van der Waals surface area (Å²) >= 11 is 0. The summed E-state index contributed by atoms with van der Waals surface area (Å²) in [6, 6.07) is 1.90. The summed E-state index contributed by atoms with van der Waals surface area (Å²) in [5.41, 5.74) is 0.605. The van der Waals surface area contributed by atoms with Gasteiger partial charge in [0, 0.05) is 57.6 Å². The normalized spacial score (nSPS) is 20.1. The van der Waals surface area contributed by atoms with Gasteiger partial charge in [0.15, 0.2) is 5.82 Å². The average Bonchev–Trinajstić information content (AvgIpc) is 3.31.